The Morgan fingerprint density at radius 1 is 1.00 bits per heavy atom. The molecule has 0 aliphatic carbocycles. The van der Waals surface area contributed by atoms with Crippen molar-refractivity contribution in [2.75, 3.05) is 5.75 Å². The first-order chi connectivity index (χ1) is 14.1. The molecule has 0 radical (unpaired) electrons. The van der Waals surface area contributed by atoms with Gasteiger partial charge in [-0.3, -0.25) is 0 Å². The number of sulfone groups is 2. The smallest absolute Gasteiger partial charge is 0.435 e. The number of hydrogen-bond acceptors (Lipinski definition) is 7. The molecule has 168 valence electrons. The summed E-state index contributed by atoms with van der Waals surface area (Å²) in [6.07, 6.45) is -4.55. The molecule has 0 fully saturated rings. The molecule has 1 aromatic carbocycles. The van der Waals surface area contributed by atoms with Crippen LogP contribution in [0.25, 0.3) is 22.7 Å². The summed E-state index contributed by atoms with van der Waals surface area (Å²) in [5, 5.41) is 0. The maximum absolute atomic E-state index is 13.0. The normalized spacial score (nSPS) is 13.6. The summed E-state index contributed by atoms with van der Waals surface area (Å²) in [5.41, 5.74) is -8.17. The summed E-state index contributed by atoms with van der Waals surface area (Å²) in [6.45, 7) is 1.18. The van der Waals surface area contributed by atoms with Crippen LogP contribution in [-0.2, 0) is 25.9 Å². The number of benzene rings is 1. The number of fused-ring (bicyclic) bond motifs is 1. The zero-order valence-corrected chi connectivity index (χ0v) is 16.7. The van der Waals surface area contributed by atoms with Gasteiger partial charge in [0, 0.05) is 6.20 Å². The minimum atomic E-state index is -5.70. The lowest BCUT2D eigenvalue weighted by Crippen LogP contribution is -2.23. The molecule has 3 aromatic rings. The Hall–Kier alpha value is -2.68. The molecule has 2 aromatic heterocycles. The summed E-state index contributed by atoms with van der Waals surface area (Å²) in [7, 11) is -9.95. The number of pyridine rings is 1. The van der Waals surface area contributed by atoms with Gasteiger partial charge in [0.05, 0.1) is 21.1 Å². The molecule has 0 bridgehead atoms. The van der Waals surface area contributed by atoms with Gasteiger partial charge in [0.1, 0.15) is 11.2 Å². The van der Waals surface area contributed by atoms with Gasteiger partial charge in [-0.05, 0) is 24.3 Å². The number of aromatic nitrogens is 2. The van der Waals surface area contributed by atoms with Crippen LogP contribution in [-0.4, -0.2) is 38.1 Å². The second-order valence-electron chi connectivity index (χ2n) is 6.07. The molecular weight excluding hydrogens is 478 g/mol. The zero-order valence-electron chi connectivity index (χ0n) is 15.1. The van der Waals surface area contributed by atoms with Gasteiger partial charge in [-0.25, -0.2) is 26.8 Å². The van der Waals surface area contributed by atoms with Crippen molar-refractivity contribution in [2.45, 2.75) is 28.4 Å². The van der Waals surface area contributed by atoms with Crippen LogP contribution >= 0.6 is 0 Å². The van der Waals surface area contributed by atoms with E-state index in [1.807, 2.05) is 0 Å². The predicted octanol–water partition coefficient (Wildman–Crippen LogP) is 4.00. The minimum absolute atomic E-state index is 0.238. The number of nitrogens with zero attached hydrogens (tertiary/aromatic N) is 2. The molecule has 31 heavy (non-hydrogen) atoms. The highest BCUT2D eigenvalue weighted by molar-refractivity contribution is 7.92. The van der Waals surface area contributed by atoms with Crippen LogP contribution in [0, 0.1) is 0 Å². The average Bonchev–Trinajstić information content (AvgIpc) is 3.09. The minimum Gasteiger partial charge on any atom is -0.435 e. The van der Waals surface area contributed by atoms with Crippen LogP contribution in [0.4, 0.5) is 26.3 Å². The number of alkyl halides is 6. The third-order valence-electron chi connectivity index (χ3n) is 4.07. The average molecular weight is 488 g/mol. The van der Waals surface area contributed by atoms with E-state index in [9.17, 15) is 43.2 Å². The molecule has 0 amide bonds. The first kappa shape index (κ1) is 23.0. The molecule has 0 unspecified atom stereocenters. The van der Waals surface area contributed by atoms with Gasteiger partial charge in [0.15, 0.2) is 15.4 Å². The van der Waals surface area contributed by atoms with Crippen LogP contribution in [0.2, 0.25) is 0 Å². The molecule has 0 aliphatic heterocycles. The van der Waals surface area contributed by atoms with E-state index in [0.717, 1.165) is 6.07 Å². The van der Waals surface area contributed by atoms with Crippen molar-refractivity contribution in [3.05, 3.63) is 36.0 Å². The highest BCUT2D eigenvalue weighted by Crippen LogP contribution is 2.36. The van der Waals surface area contributed by atoms with Crippen molar-refractivity contribution >= 4 is 30.8 Å². The molecular formula is C16H10F6N2O5S2. The van der Waals surface area contributed by atoms with Crippen molar-refractivity contribution in [3.63, 3.8) is 0 Å². The third kappa shape index (κ3) is 4.11. The second-order valence-corrected chi connectivity index (χ2v) is 10.3. The highest BCUT2D eigenvalue weighted by Gasteiger charge is 2.47. The van der Waals surface area contributed by atoms with Gasteiger partial charge in [-0.1, -0.05) is 6.92 Å². The number of rotatable bonds is 4. The monoisotopic (exact) mass is 488 g/mol. The predicted molar refractivity (Wildman–Crippen MR) is 93.2 cm³/mol. The number of hydrogen-bond donors (Lipinski definition) is 0. The van der Waals surface area contributed by atoms with Crippen molar-refractivity contribution in [2.24, 2.45) is 0 Å². The first-order valence-corrected chi connectivity index (χ1v) is 11.2. The Kier molecular flexibility index (Phi) is 5.33. The van der Waals surface area contributed by atoms with Gasteiger partial charge in [-0.15, -0.1) is 0 Å². The Balaban J connectivity index is 2.23. The molecule has 0 saturated carbocycles. The molecule has 15 heteroatoms. The van der Waals surface area contributed by atoms with Crippen molar-refractivity contribution < 1.29 is 47.6 Å². The van der Waals surface area contributed by atoms with Crippen LogP contribution < -0.4 is 0 Å². The fourth-order valence-electron chi connectivity index (χ4n) is 2.46. The fraction of sp³-hybridized carbons (Fsp3) is 0.250. The maximum atomic E-state index is 13.0. The molecule has 0 aliphatic rings. The third-order valence-corrected chi connectivity index (χ3v) is 7.30. The molecule has 0 N–H and O–H groups in total. The SMILES string of the molecule is CCS(=O)(=O)c1cc(C(F)(F)F)cnc1-c1nc2cc(S(=O)(=O)C(F)(F)F)ccc2o1. The van der Waals surface area contributed by atoms with E-state index in [4.69, 9.17) is 4.42 Å². The van der Waals surface area contributed by atoms with E-state index in [-0.39, 0.29) is 5.58 Å². The van der Waals surface area contributed by atoms with E-state index in [0.29, 0.717) is 24.4 Å². The van der Waals surface area contributed by atoms with E-state index in [1.54, 1.807) is 0 Å². The van der Waals surface area contributed by atoms with Crippen LogP contribution in [0.5, 0.6) is 0 Å². The van der Waals surface area contributed by atoms with Crippen molar-refractivity contribution in [3.8, 4) is 11.6 Å². The van der Waals surface area contributed by atoms with Crippen molar-refractivity contribution in [1.29, 1.82) is 0 Å². The lowest BCUT2D eigenvalue weighted by atomic mass is 10.2. The van der Waals surface area contributed by atoms with E-state index < -0.39 is 69.6 Å². The van der Waals surface area contributed by atoms with Gasteiger partial charge in [0.25, 0.3) is 9.84 Å². The summed E-state index contributed by atoms with van der Waals surface area (Å²) < 4.78 is 130. The van der Waals surface area contributed by atoms with Gasteiger partial charge in [0.2, 0.25) is 5.89 Å². The molecule has 0 atom stereocenters. The summed E-state index contributed by atoms with van der Waals surface area (Å²) in [6, 6.07) is 2.34. The lowest BCUT2D eigenvalue weighted by Gasteiger charge is -2.10. The van der Waals surface area contributed by atoms with Crippen LogP contribution in [0.15, 0.2) is 44.7 Å². The van der Waals surface area contributed by atoms with Gasteiger partial charge in [-0.2, -0.15) is 26.3 Å². The van der Waals surface area contributed by atoms with Gasteiger partial charge >= 0.3 is 11.7 Å². The highest BCUT2D eigenvalue weighted by atomic mass is 32.2. The van der Waals surface area contributed by atoms with E-state index in [1.165, 1.54) is 6.92 Å². The second kappa shape index (κ2) is 7.19. The molecule has 7 nitrogen and oxygen atoms in total. The fourth-order valence-corrected chi connectivity index (χ4v) is 4.30. The standard InChI is InChI=1S/C16H10F6N2O5S2/c1-2-30(25,26)12-5-8(15(17,18)19)7-23-13(12)14-24-10-6-9(3-4-11(10)29-14)31(27,28)16(20,21)22/h3-7H,2H2,1H3. The molecule has 0 saturated heterocycles. The zero-order chi connectivity index (χ0) is 23.4. The van der Waals surface area contributed by atoms with E-state index >= 15 is 0 Å². The molecule has 2 heterocycles. The van der Waals surface area contributed by atoms with Gasteiger partial charge < -0.3 is 4.42 Å². The summed E-state index contributed by atoms with van der Waals surface area (Å²) in [4.78, 5) is 5.22. The topological polar surface area (TPSA) is 107 Å². The Bertz CT molecular complexity index is 1380. The summed E-state index contributed by atoms with van der Waals surface area (Å²) >= 11 is 0. The Morgan fingerprint density at radius 3 is 2.19 bits per heavy atom. The molecule has 0 spiro atoms. The first-order valence-electron chi connectivity index (χ1n) is 8.10. The Labute approximate surface area is 170 Å². The largest absolute Gasteiger partial charge is 0.501 e. The summed E-state index contributed by atoms with van der Waals surface area (Å²) in [5.74, 6) is -1.20. The number of halogens is 6. The van der Waals surface area contributed by atoms with Crippen molar-refractivity contribution in [1.82, 2.24) is 9.97 Å². The molecule has 3 rings (SSSR count). The lowest BCUT2D eigenvalue weighted by molar-refractivity contribution is -0.138. The van der Waals surface area contributed by atoms with Crippen LogP contribution in [0.3, 0.4) is 0 Å². The van der Waals surface area contributed by atoms with E-state index in [2.05, 4.69) is 9.97 Å². The number of oxazole rings is 1. The van der Waals surface area contributed by atoms with Crippen LogP contribution in [0.1, 0.15) is 12.5 Å². The maximum Gasteiger partial charge on any atom is 0.501 e. The Morgan fingerprint density at radius 2 is 1.65 bits per heavy atom. The quantitative estimate of drug-likeness (QED) is 0.511.